The number of nitrogens with zero attached hydrogens (tertiary/aromatic N) is 2. The third-order valence-electron chi connectivity index (χ3n) is 1.98. The summed E-state index contributed by atoms with van der Waals surface area (Å²) in [5.41, 5.74) is 1.62. The minimum absolute atomic E-state index is 0.158. The number of phenolic OH excluding ortho intramolecular Hbond substituents is 1. The quantitative estimate of drug-likeness (QED) is 0.549. The standard InChI is InChI=1S/C10H10N4OS/c1-6-2-3-8(15)7(4-6)12-9-5-11-14-10(16)13-9/h2-5,15H,1H3,(H2,12,13,14,16). The number of H-pyrrole nitrogens is 1. The van der Waals surface area contributed by atoms with Crippen LogP contribution in [0.2, 0.25) is 0 Å². The molecule has 0 radical (unpaired) electrons. The fourth-order valence-electron chi connectivity index (χ4n) is 1.26. The molecule has 0 aliphatic rings. The van der Waals surface area contributed by atoms with E-state index < -0.39 is 0 Å². The summed E-state index contributed by atoms with van der Waals surface area (Å²) in [6, 6.07) is 5.26. The SMILES string of the molecule is Cc1ccc(O)c(Nc2cn[nH]c(=S)n2)c1. The predicted octanol–water partition coefficient (Wildman–Crippen LogP) is 2.29. The molecule has 0 aliphatic heterocycles. The molecule has 0 atom stereocenters. The fraction of sp³-hybridized carbons (Fsp3) is 0.100. The summed E-state index contributed by atoms with van der Waals surface area (Å²) in [6.07, 6.45) is 1.50. The number of aryl methyl sites for hydroxylation is 1. The summed E-state index contributed by atoms with van der Waals surface area (Å²) in [6.45, 7) is 1.94. The van der Waals surface area contributed by atoms with E-state index in [0.29, 0.717) is 11.5 Å². The van der Waals surface area contributed by atoms with Crippen molar-refractivity contribution < 1.29 is 5.11 Å². The first-order chi connectivity index (χ1) is 7.65. The van der Waals surface area contributed by atoms with E-state index in [1.165, 1.54) is 6.20 Å². The van der Waals surface area contributed by atoms with Crippen molar-refractivity contribution in [2.45, 2.75) is 6.92 Å². The fourth-order valence-corrected chi connectivity index (χ4v) is 1.41. The topological polar surface area (TPSA) is 73.8 Å². The zero-order valence-electron chi connectivity index (χ0n) is 8.56. The summed E-state index contributed by atoms with van der Waals surface area (Å²) in [5.74, 6) is 0.649. The van der Waals surface area contributed by atoms with Gasteiger partial charge >= 0.3 is 0 Å². The molecule has 1 heterocycles. The molecule has 0 bridgehead atoms. The molecule has 16 heavy (non-hydrogen) atoms. The number of rotatable bonds is 2. The van der Waals surface area contributed by atoms with E-state index in [-0.39, 0.29) is 10.5 Å². The summed E-state index contributed by atoms with van der Waals surface area (Å²) in [4.78, 5) is 4.01. The van der Waals surface area contributed by atoms with Gasteiger partial charge in [-0.05, 0) is 36.8 Å². The summed E-state index contributed by atoms with van der Waals surface area (Å²) >= 11 is 4.84. The van der Waals surface area contributed by atoms with Gasteiger partial charge in [0.25, 0.3) is 0 Å². The molecule has 5 nitrogen and oxygen atoms in total. The van der Waals surface area contributed by atoms with Gasteiger partial charge in [-0.25, -0.2) is 0 Å². The molecule has 0 fully saturated rings. The van der Waals surface area contributed by atoms with Crippen molar-refractivity contribution in [3.8, 4) is 5.75 Å². The van der Waals surface area contributed by atoms with Gasteiger partial charge in [-0.2, -0.15) is 10.1 Å². The summed E-state index contributed by atoms with van der Waals surface area (Å²) in [5, 5.41) is 18.9. The Bertz CT molecular complexity index is 567. The van der Waals surface area contributed by atoms with Crippen LogP contribution < -0.4 is 5.32 Å². The van der Waals surface area contributed by atoms with Gasteiger partial charge < -0.3 is 10.4 Å². The van der Waals surface area contributed by atoms with Crippen molar-refractivity contribution in [1.82, 2.24) is 15.2 Å². The third-order valence-corrected chi connectivity index (χ3v) is 2.17. The van der Waals surface area contributed by atoms with Gasteiger partial charge in [0.15, 0.2) is 5.82 Å². The molecular formula is C10H10N4OS. The molecule has 0 saturated heterocycles. The Balaban J connectivity index is 2.33. The molecule has 1 aromatic carbocycles. The number of benzene rings is 1. The van der Waals surface area contributed by atoms with Crippen LogP contribution in [0.1, 0.15) is 5.56 Å². The predicted molar refractivity (Wildman–Crippen MR) is 63.3 cm³/mol. The monoisotopic (exact) mass is 234 g/mol. The second-order valence-electron chi connectivity index (χ2n) is 3.32. The number of aromatic amines is 1. The smallest absolute Gasteiger partial charge is 0.215 e. The molecule has 0 aliphatic carbocycles. The van der Waals surface area contributed by atoms with Crippen LogP contribution in [-0.2, 0) is 0 Å². The van der Waals surface area contributed by atoms with Crippen LogP contribution in [0.3, 0.4) is 0 Å². The van der Waals surface area contributed by atoms with Crippen LogP contribution in [0.15, 0.2) is 24.4 Å². The molecule has 0 saturated carbocycles. The van der Waals surface area contributed by atoms with E-state index in [0.717, 1.165) is 5.56 Å². The highest BCUT2D eigenvalue weighted by atomic mass is 32.1. The van der Waals surface area contributed by atoms with Crippen LogP contribution in [0.25, 0.3) is 0 Å². The maximum absolute atomic E-state index is 9.62. The molecule has 0 unspecified atom stereocenters. The largest absolute Gasteiger partial charge is 0.506 e. The lowest BCUT2D eigenvalue weighted by Crippen LogP contribution is -1.97. The first-order valence-corrected chi connectivity index (χ1v) is 5.04. The molecule has 82 valence electrons. The maximum atomic E-state index is 9.62. The second kappa shape index (κ2) is 4.28. The van der Waals surface area contributed by atoms with E-state index in [1.54, 1.807) is 6.07 Å². The number of phenols is 1. The number of hydrogen-bond donors (Lipinski definition) is 3. The van der Waals surface area contributed by atoms with E-state index in [2.05, 4.69) is 20.5 Å². The van der Waals surface area contributed by atoms with Gasteiger partial charge in [0, 0.05) is 0 Å². The lowest BCUT2D eigenvalue weighted by atomic mass is 10.2. The lowest BCUT2D eigenvalue weighted by molar-refractivity contribution is 0.477. The van der Waals surface area contributed by atoms with Gasteiger partial charge in [-0.1, -0.05) is 6.07 Å². The molecule has 6 heteroatoms. The van der Waals surface area contributed by atoms with Crippen LogP contribution in [0.4, 0.5) is 11.5 Å². The van der Waals surface area contributed by atoms with Crippen LogP contribution >= 0.6 is 12.2 Å². The Morgan fingerprint density at radius 2 is 2.25 bits per heavy atom. The summed E-state index contributed by atoms with van der Waals surface area (Å²) < 4.78 is 0.289. The van der Waals surface area contributed by atoms with Crippen LogP contribution in [0, 0.1) is 11.7 Å². The molecule has 0 spiro atoms. The molecule has 2 rings (SSSR count). The normalized spacial score (nSPS) is 10.1. The van der Waals surface area contributed by atoms with Gasteiger partial charge in [0.2, 0.25) is 4.77 Å². The van der Waals surface area contributed by atoms with E-state index in [9.17, 15) is 5.11 Å². The zero-order valence-corrected chi connectivity index (χ0v) is 9.38. The third kappa shape index (κ3) is 2.34. The van der Waals surface area contributed by atoms with E-state index in [4.69, 9.17) is 12.2 Å². The maximum Gasteiger partial charge on any atom is 0.215 e. The average Bonchev–Trinajstić information content (AvgIpc) is 2.24. The number of nitrogens with one attached hydrogen (secondary N) is 2. The van der Waals surface area contributed by atoms with Gasteiger partial charge in [-0.15, -0.1) is 0 Å². The van der Waals surface area contributed by atoms with Gasteiger partial charge in [0.1, 0.15) is 5.75 Å². The van der Waals surface area contributed by atoms with Crippen molar-refractivity contribution in [3.63, 3.8) is 0 Å². The van der Waals surface area contributed by atoms with Crippen LogP contribution in [-0.4, -0.2) is 20.3 Å². The number of aromatic nitrogens is 3. The number of aromatic hydroxyl groups is 1. The number of anilines is 2. The highest BCUT2D eigenvalue weighted by Gasteiger charge is 2.02. The van der Waals surface area contributed by atoms with Crippen molar-refractivity contribution in [3.05, 3.63) is 34.7 Å². The first-order valence-electron chi connectivity index (χ1n) is 4.63. The Kier molecular flexibility index (Phi) is 2.82. The van der Waals surface area contributed by atoms with Crippen molar-refractivity contribution in [2.75, 3.05) is 5.32 Å². The summed E-state index contributed by atoms with van der Waals surface area (Å²) in [7, 11) is 0. The minimum Gasteiger partial charge on any atom is -0.506 e. The first kappa shape index (κ1) is 10.6. The van der Waals surface area contributed by atoms with Crippen molar-refractivity contribution in [2.24, 2.45) is 0 Å². The van der Waals surface area contributed by atoms with Crippen molar-refractivity contribution >= 4 is 23.7 Å². The van der Waals surface area contributed by atoms with E-state index >= 15 is 0 Å². The van der Waals surface area contributed by atoms with E-state index in [1.807, 2.05) is 19.1 Å². The number of hydrogen-bond acceptors (Lipinski definition) is 5. The minimum atomic E-state index is 0.158. The Morgan fingerprint density at radius 3 is 3.00 bits per heavy atom. The lowest BCUT2D eigenvalue weighted by Gasteiger charge is -2.07. The highest BCUT2D eigenvalue weighted by Crippen LogP contribution is 2.26. The molecule has 1 aromatic heterocycles. The Morgan fingerprint density at radius 1 is 1.44 bits per heavy atom. The van der Waals surface area contributed by atoms with Crippen molar-refractivity contribution in [1.29, 1.82) is 0 Å². The van der Waals surface area contributed by atoms with Crippen LogP contribution in [0.5, 0.6) is 5.75 Å². The molecule has 0 amide bonds. The molecule has 2 aromatic rings. The average molecular weight is 234 g/mol. The molecular weight excluding hydrogens is 224 g/mol. The highest BCUT2D eigenvalue weighted by molar-refractivity contribution is 7.71. The Labute approximate surface area is 97.2 Å². The Hall–Kier alpha value is -1.95. The van der Waals surface area contributed by atoms with Gasteiger partial charge in [-0.3, -0.25) is 5.10 Å². The second-order valence-corrected chi connectivity index (χ2v) is 3.70. The van der Waals surface area contributed by atoms with Gasteiger partial charge in [0.05, 0.1) is 11.9 Å². The zero-order chi connectivity index (χ0) is 11.5. The molecule has 3 N–H and O–H groups in total.